The molecule has 0 aliphatic heterocycles. The molecule has 0 saturated heterocycles. The van der Waals surface area contributed by atoms with Crippen molar-refractivity contribution in [2.24, 2.45) is 5.92 Å². The zero-order chi connectivity index (χ0) is 20.9. The molecule has 0 unspecified atom stereocenters. The maximum atomic E-state index is 12.7. The third-order valence-corrected chi connectivity index (χ3v) is 3.29. The lowest BCUT2D eigenvalue weighted by Crippen LogP contribution is -2.52. The Labute approximate surface area is 156 Å². The summed E-state index contributed by atoms with van der Waals surface area (Å²) in [6.07, 6.45) is -1.81. The molecule has 0 spiro atoms. The number of hydrogen-bond acceptors (Lipinski definition) is 6. The Morgan fingerprint density at radius 2 is 1.27 bits per heavy atom. The minimum atomic E-state index is -0.849. The van der Waals surface area contributed by atoms with Crippen LogP contribution in [-0.2, 0) is 19.1 Å². The Bertz CT molecular complexity index is 477. The standard InChI is InChI=1S/C18H34N2O6/c1-12(2)13(11-14(21)19(9)24-10)20(15(22)25-17(3,4)5)16(23)26-18(6,7)8/h12-13H,11H2,1-10H3/t13-/m1/s1. The third-order valence-electron chi connectivity index (χ3n) is 3.29. The summed E-state index contributed by atoms with van der Waals surface area (Å²) in [6, 6.07) is -0.746. The normalized spacial score (nSPS) is 13.2. The SMILES string of the molecule is CON(C)C(=O)C[C@H](C(C)C)N(C(=O)OC(C)(C)C)C(=O)OC(C)(C)C. The monoisotopic (exact) mass is 374 g/mol. The molecule has 152 valence electrons. The number of amides is 3. The van der Waals surface area contributed by atoms with Crippen LogP contribution in [0.5, 0.6) is 0 Å². The summed E-state index contributed by atoms with van der Waals surface area (Å²) in [6.45, 7) is 13.8. The number of carbonyl (C=O) groups is 3. The van der Waals surface area contributed by atoms with E-state index in [1.807, 2.05) is 13.8 Å². The Morgan fingerprint density at radius 3 is 1.54 bits per heavy atom. The topological polar surface area (TPSA) is 85.4 Å². The van der Waals surface area contributed by atoms with Crippen LogP contribution in [0.3, 0.4) is 0 Å². The number of nitrogens with zero attached hydrogens (tertiary/aromatic N) is 2. The lowest BCUT2D eigenvalue weighted by molar-refractivity contribution is -0.170. The minimum Gasteiger partial charge on any atom is -0.443 e. The summed E-state index contributed by atoms with van der Waals surface area (Å²) in [7, 11) is 2.83. The van der Waals surface area contributed by atoms with Gasteiger partial charge in [-0.2, -0.15) is 0 Å². The van der Waals surface area contributed by atoms with Gasteiger partial charge in [-0.3, -0.25) is 9.63 Å². The Morgan fingerprint density at radius 1 is 0.885 bits per heavy atom. The molecular weight excluding hydrogens is 340 g/mol. The molecule has 0 N–H and O–H groups in total. The average Bonchev–Trinajstić information content (AvgIpc) is 2.41. The molecule has 3 amide bonds. The number of rotatable bonds is 5. The second-order valence-electron chi connectivity index (χ2n) is 8.42. The second kappa shape index (κ2) is 9.21. The molecule has 26 heavy (non-hydrogen) atoms. The van der Waals surface area contributed by atoms with Gasteiger partial charge in [-0.1, -0.05) is 13.8 Å². The van der Waals surface area contributed by atoms with Crippen LogP contribution in [0.1, 0.15) is 61.8 Å². The minimum absolute atomic E-state index is 0.111. The van der Waals surface area contributed by atoms with Gasteiger partial charge in [0.2, 0.25) is 5.91 Å². The quantitative estimate of drug-likeness (QED) is 0.684. The summed E-state index contributed by atoms with van der Waals surface area (Å²) in [5.74, 6) is -0.576. The van der Waals surface area contributed by atoms with Gasteiger partial charge in [-0.25, -0.2) is 19.6 Å². The van der Waals surface area contributed by atoms with Crippen LogP contribution in [0, 0.1) is 5.92 Å². The molecule has 0 aromatic heterocycles. The smallest absolute Gasteiger partial charge is 0.420 e. The van der Waals surface area contributed by atoms with Crippen molar-refractivity contribution in [3.63, 3.8) is 0 Å². The first-order valence-electron chi connectivity index (χ1n) is 8.65. The highest BCUT2D eigenvalue weighted by Gasteiger charge is 2.39. The van der Waals surface area contributed by atoms with Crippen molar-refractivity contribution in [3.8, 4) is 0 Å². The van der Waals surface area contributed by atoms with Gasteiger partial charge >= 0.3 is 12.2 Å². The van der Waals surface area contributed by atoms with E-state index >= 15 is 0 Å². The molecule has 0 aliphatic carbocycles. The van der Waals surface area contributed by atoms with Crippen molar-refractivity contribution in [2.75, 3.05) is 14.2 Å². The van der Waals surface area contributed by atoms with E-state index < -0.39 is 29.4 Å². The number of hydroxylamine groups is 2. The second-order valence-corrected chi connectivity index (χ2v) is 8.42. The van der Waals surface area contributed by atoms with Crippen LogP contribution >= 0.6 is 0 Å². The third kappa shape index (κ3) is 8.51. The number of carbonyl (C=O) groups excluding carboxylic acids is 3. The number of ether oxygens (including phenoxy) is 2. The molecule has 8 nitrogen and oxygen atoms in total. The predicted octanol–water partition coefficient (Wildman–Crippen LogP) is 3.59. The van der Waals surface area contributed by atoms with Crippen molar-refractivity contribution < 1.29 is 28.7 Å². The van der Waals surface area contributed by atoms with Gasteiger partial charge in [-0.15, -0.1) is 0 Å². The summed E-state index contributed by atoms with van der Waals surface area (Å²) < 4.78 is 10.7. The average molecular weight is 374 g/mol. The van der Waals surface area contributed by atoms with Gasteiger partial charge in [0, 0.05) is 7.05 Å². The Hall–Kier alpha value is -1.83. The van der Waals surface area contributed by atoms with Crippen LogP contribution in [-0.4, -0.2) is 59.5 Å². The number of hydrogen-bond donors (Lipinski definition) is 0. The molecule has 0 rings (SSSR count). The lowest BCUT2D eigenvalue weighted by atomic mass is 9.99. The molecule has 1 atom stereocenters. The van der Waals surface area contributed by atoms with Crippen LogP contribution in [0.15, 0.2) is 0 Å². The fraction of sp³-hybridized carbons (Fsp3) is 0.833. The first-order valence-corrected chi connectivity index (χ1v) is 8.65. The fourth-order valence-corrected chi connectivity index (χ4v) is 2.00. The highest BCUT2D eigenvalue weighted by atomic mass is 16.7. The summed E-state index contributed by atoms with van der Waals surface area (Å²) in [5.41, 5.74) is -1.60. The van der Waals surface area contributed by atoms with Gasteiger partial charge < -0.3 is 9.47 Å². The first-order chi connectivity index (χ1) is 11.6. The molecule has 0 aromatic rings. The summed E-state index contributed by atoms with van der Waals surface area (Å²) in [4.78, 5) is 43.5. The fourth-order valence-electron chi connectivity index (χ4n) is 2.00. The predicted molar refractivity (Wildman–Crippen MR) is 97.3 cm³/mol. The maximum Gasteiger partial charge on any atom is 0.420 e. The van der Waals surface area contributed by atoms with Crippen molar-refractivity contribution in [2.45, 2.75) is 79.1 Å². The van der Waals surface area contributed by atoms with E-state index in [0.717, 1.165) is 9.96 Å². The molecule has 0 saturated carbocycles. The van der Waals surface area contributed by atoms with Crippen molar-refractivity contribution in [1.29, 1.82) is 0 Å². The molecule has 0 fully saturated rings. The zero-order valence-electron chi connectivity index (χ0n) is 17.7. The molecule has 0 bridgehead atoms. The van der Waals surface area contributed by atoms with Gasteiger partial charge in [0.15, 0.2) is 0 Å². The highest BCUT2D eigenvalue weighted by molar-refractivity contribution is 5.89. The molecule has 0 radical (unpaired) electrons. The molecular formula is C18H34N2O6. The maximum absolute atomic E-state index is 12.7. The summed E-state index contributed by atoms with van der Waals surface area (Å²) >= 11 is 0. The van der Waals surface area contributed by atoms with E-state index in [4.69, 9.17) is 14.3 Å². The first kappa shape index (κ1) is 24.2. The van der Waals surface area contributed by atoms with Crippen molar-refractivity contribution in [1.82, 2.24) is 9.96 Å². The summed E-state index contributed by atoms with van der Waals surface area (Å²) in [5, 5.41) is 1.05. The lowest BCUT2D eigenvalue weighted by Gasteiger charge is -2.35. The van der Waals surface area contributed by atoms with Crippen LogP contribution < -0.4 is 0 Å². The Balaban J connectivity index is 5.77. The van der Waals surface area contributed by atoms with E-state index in [2.05, 4.69) is 0 Å². The van der Waals surface area contributed by atoms with Crippen LogP contribution in [0.4, 0.5) is 9.59 Å². The highest BCUT2D eigenvalue weighted by Crippen LogP contribution is 2.22. The Kier molecular flexibility index (Phi) is 8.56. The van der Waals surface area contributed by atoms with Gasteiger partial charge in [-0.05, 0) is 47.5 Å². The van der Waals surface area contributed by atoms with E-state index in [1.165, 1.54) is 14.2 Å². The van der Waals surface area contributed by atoms with Crippen molar-refractivity contribution >= 4 is 18.1 Å². The van der Waals surface area contributed by atoms with Crippen LogP contribution in [0.2, 0.25) is 0 Å². The largest absolute Gasteiger partial charge is 0.443 e. The van der Waals surface area contributed by atoms with Gasteiger partial charge in [0.25, 0.3) is 0 Å². The van der Waals surface area contributed by atoms with E-state index in [-0.39, 0.29) is 18.2 Å². The van der Waals surface area contributed by atoms with E-state index in [9.17, 15) is 14.4 Å². The van der Waals surface area contributed by atoms with Crippen LogP contribution in [0.25, 0.3) is 0 Å². The molecule has 0 heterocycles. The van der Waals surface area contributed by atoms with Crippen molar-refractivity contribution in [3.05, 3.63) is 0 Å². The van der Waals surface area contributed by atoms with E-state index in [0.29, 0.717) is 0 Å². The number of imide groups is 1. The molecule has 8 heteroatoms. The molecule has 0 aromatic carbocycles. The molecule has 0 aliphatic rings. The zero-order valence-corrected chi connectivity index (χ0v) is 17.7. The van der Waals surface area contributed by atoms with E-state index in [1.54, 1.807) is 41.5 Å². The van der Waals surface area contributed by atoms with Gasteiger partial charge in [0.1, 0.15) is 11.2 Å². The van der Waals surface area contributed by atoms with Gasteiger partial charge in [0.05, 0.1) is 19.6 Å².